The van der Waals surface area contributed by atoms with E-state index < -0.39 is 0 Å². The summed E-state index contributed by atoms with van der Waals surface area (Å²) >= 11 is 0. The molecule has 3 nitrogen and oxygen atoms in total. The summed E-state index contributed by atoms with van der Waals surface area (Å²) in [5.41, 5.74) is -0.349. The molecule has 2 bridgehead atoms. The lowest BCUT2D eigenvalue weighted by molar-refractivity contribution is -0.135. The van der Waals surface area contributed by atoms with Gasteiger partial charge in [0.2, 0.25) is 0 Å². The van der Waals surface area contributed by atoms with Gasteiger partial charge in [-0.3, -0.25) is 4.79 Å². The summed E-state index contributed by atoms with van der Waals surface area (Å²) in [6, 6.07) is 0. The molecule has 0 amide bonds. The maximum Gasteiger partial charge on any atom is 0.143 e. The van der Waals surface area contributed by atoms with Gasteiger partial charge in [0, 0.05) is 23.2 Å². The molecule has 0 spiro atoms. The van der Waals surface area contributed by atoms with Gasteiger partial charge in [0.15, 0.2) is 0 Å². The number of ether oxygens (including phenoxy) is 1. The van der Waals surface area contributed by atoms with Crippen molar-refractivity contribution in [1.29, 1.82) is 0 Å². The number of hydrogen-bond acceptors (Lipinski definition) is 3. The first-order chi connectivity index (χ1) is 14.6. The highest BCUT2D eigenvalue weighted by atomic mass is 16.5. The maximum atomic E-state index is 13.9. The van der Waals surface area contributed by atoms with E-state index in [1.54, 1.807) is 0 Å². The first-order valence-corrected chi connectivity index (χ1v) is 12.8. The molecule has 174 valence electrons. The number of rotatable bonds is 4. The van der Waals surface area contributed by atoms with Crippen molar-refractivity contribution < 1.29 is 14.6 Å². The second kappa shape index (κ2) is 8.36. The lowest BCUT2D eigenvalue weighted by atomic mass is 9.59. The fraction of sp³-hybridized carbons (Fsp3) is 0.821. The molecule has 0 aromatic rings. The van der Waals surface area contributed by atoms with E-state index in [0.29, 0.717) is 41.8 Å². The molecule has 2 aliphatic carbocycles. The number of carbonyl (C=O) groups excluding carboxylic acids is 1. The Kier molecular flexibility index (Phi) is 6.22. The van der Waals surface area contributed by atoms with Crippen LogP contribution in [0.15, 0.2) is 24.0 Å². The predicted molar refractivity (Wildman–Crippen MR) is 125 cm³/mol. The molecule has 9 atom stereocenters. The molecule has 2 aliphatic heterocycles. The molecular formula is C28H44O3. The van der Waals surface area contributed by atoms with Crippen molar-refractivity contribution >= 4 is 5.78 Å². The van der Waals surface area contributed by atoms with Gasteiger partial charge < -0.3 is 9.84 Å². The summed E-state index contributed by atoms with van der Waals surface area (Å²) in [6.45, 7) is 13.7. The normalized spacial score (nSPS) is 44.7. The summed E-state index contributed by atoms with van der Waals surface area (Å²) in [7, 11) is 0. The van der Waals surface area contributed by atoms with Crippen LogP contribution in [0.4, 0.5) is 0 Å². The Morgan fingerprint density at radius 2 is 1.87 bits per heavy atom. The highest BCUT2D eigenvalue weighted by Crippen LogP contribution is 2.60. The lowest BCUT2D eigenvalue weighted by Gasteiger charge is -2.46. The minimum Gasteiger partial charge on any atom is -0.494 e. The molecule has 2 saturated carbocycles. The molecule has 4 rings (SSSR count). The molecule has 3 heteroatoms. The van der Waals surface area contributed by atoms with Crippen LogP contribution in [0, 0.1) is 46.3 Å². The molecule has 1 saturated heterocycles. The zero-order valence-electron chi connectivity index (χ0n) is 20.6. The van der Waals surface area contributed by atoms with Crippen LogP contribution >= 0.6 is 0 Å². The van der Waals surface area contributed by atoms with Gasteiger partial charge in [0.25, 0.3) is 0 Å². The fourth-order valence-electron chi connectivity index (χ4n) is 7.24. The van der Waals surface area contributed by atoms with Crippen LogP contribution in [-0.2, 0) is 9.53 Å². The molecule has 0 radical (unpaired) electrons. The molecule has 0 aromatic heterocycles. The Morgan fingerprint density at radius 3 is 2.58 bits per heavy atom. The first-order valence-electron chi connectivity index (χ1n) is 12.8. The van der Waals surface area contributed by atoms with Crippen molar-refractivity contribution in [1.82, 2.24) is 0 Å². The summed E-state index contributed by atoms with van der Waals surface area (Å²) in [4.78, 5) is 13.9. The van der Waals surface area contributed by atoms with E-state index in [9.17, 15) is 9.90 Å². The third-order valence-corrected chi connectivity index (χ3v) is 10.1. The largest absolute Gasteiger partial charge is 0.494 e. The summed E-state index contributed by atoms with van der Waals surface area (Å²) in [5, 5.41) is 10.3. The third kappa shape index (κ3) is 3.83. The van der Waals surface area contributed by atoms with E-state index in [1.165, 1.54) is 0 Å². The summed E-state index contributed by atoms with van der Waals surface area (Å²) in [6.07, 6.45) is 13.1. The molecule has 31 heavy (non-hydrogen) atoms. The van der Waals surface area contributed by atoms with Crippen LogP contribution in [0.3, 0.4) is 0 Å². The maximum absolute atomic E-state index is 13.9. The van der Waals surface area contributed by atoms with Crippen molar-refractivity contribution in [3.63, 3.8) is 0 Å². The van der Waals surface area contributed by atoms with Crippen molar-refractivity contribution in [3.05, 3.63) is 24.0 Å². The van der Waals surface area contributed by atoms with Gasteiger partial charge in [-0.25, -0.2) is 0 Å². The minimum absolute atomic E-state index is 0.0180. The van der Waals surface area contributed by atoms with Crippen molar-refractivity contribution in [2.24, 2.45) is 46.3 Å². The van der Waals surface area contributed by atoms with E-state index in [0.717, 1.165) is 44.3 Å². The number of allylic oxidation sites excluding steroid dienone is 4. The predicted octanol–water partition coefficient (Wildman–Crippen LogP) is 6.32. The molecular weight excluding hydrogens is 384 g/mol. The number of ketones is 1. The Balaban J connectivity index is 1.63. The Bertz CT molecular complexity index is 751. The monoisotopic (exact) mass is 428 g/mol. The van der Waals surface area contributed by atoms with Crippen LogP contribution in [-0.4, -0.2) is 23.1 Å². The third-order valence-electron chi connectivity index (χ3n) is 10.1. The quantitative estimate of drug-likeness (QED) is 0.533. The molecule has 4 aliphatic rings. The van der Waals surface area contributed by atoms with E-state index in [2.05, 4.69) is 59.8 Å². The van der Waals surface area contributed by atoms with Crippen molar-refractivity contribution in [2.45, 2.75) is 98.7 Å². The van der Waals surface area contributed by atoms with Crippen LogP contribution in [0.5, 0.6) is 0 Å². The van der Waals surface area contributed by atoms with E-state index in [-0.39, 0.29) is 29.0 Å². The highest BCUT2D eigenvalue weighted by Gasteiger charge is 2.59. The van der Waals surface area contributed by atoms with Gasteiger partial charge in [0.05, 0.1) is 11.9 Å². The van der Waals surface area contributed by atoms with E-state index in [1.807, 2.05) is 0 Å². The topological polar surface area (TPSA) is 46.5 Å². The number of hydrogen-bond donors (Lipinski definition) is 1. The van der Waals surface area contributed by atoms with Gasteiger partial charge in [-0.05, 0) is 74.2 Å². The van der Waals surface area contributed by atoms with Gasteiger partial charge in [-0.2, -0.15) is 0 Å². The Labute approximate surface area is 189 Å². The summed E-state index contributed by atoms with van der Waals surface area (Å²) in [5.74, 6) is 4.10. The van der Waals surface area contributed by atoms with Gasteiger partial charge >= 0.3 is 0 Å². The lowest BCUT2D eigenvalue weighted by Crippen LogP contribution is -2.46. The molecule has 3 fully saturated rings. The number of fused-ring (bicyclic) bond motifs is 6. The average molecular weight is 429 g/mol. The summed E-state index contributed by atoms with van der Waals surface area (Å²) < 4.78 is 6.73. The van der Waals surface area contributed by atoms with E-state index >= 15 is 0 Å². The average Bonchev–Trinajstić information content (AvgIpc) is 2.96. The first kappa shape index (κ1) is 23.1. The Hall–Kier alpha value is -1.09. The highest BCUT2D eigenvalue weighted by molar-refractivity contribution is 5.87. The van der Waals surface area contributed by atoms with Crippen LogP contribution in [0.1, 0.15) is 86.5 Å². The molecule has 1 N–H and O–H groups in total. The fourth-order valence-corrected chi connectivity index (χ4v) is 7.24. The molecule has 2 heterocycles. The van der Waals surface area contributed by atoms with Crippen LogP contribution < -0.4 is 0 Å². The standard InChI is InChI=1S/C28H44O3/c1-17(2)18(3)7-8-19(4)22-10-11-23-24-12-9-20-15-21(29)13-14-27(20,5)26(31-24)16-25(30)28(22,23)6/h7-8,12,17-23,26,29H,9-11,13-16H2,1-6H3/b8-7+/t18-,19-,20?,21+,22-,23?,26+,27+,28-/m1/s1. The van der Waals surface area contributed by atoms with E-state index in [4.69, 9.17) is 4.74 Å². The van der Waals surface area contributed by atoms with Crippen LogP contribution in [0.25, 0.3) is 0 Å². The second-order valence-corrected chi connectivity index (χ2v) is 12.1. The molecule has 2 unspecified atom stereocenters. The number of aliphatic hydroxyl groups is 1. The zero-order valence-corrected chi connectivity index (χ0v) is 20.6. The zero-order chi connectivity index (χ0) is 22.6. The minimum atomic E-state index is -0.331. The molecule has 0 aromatic carbocycles. The number of Topliss-reactive ketones (excluding diaryl/α,β-unsaturated/α-hetero) is 1. The van der Waals surface area contributed by atoms with Crippen molar-refractivity contribution in [3.8, 4) is 0 Å². The SMILES string of the molecule is CC(C)[C@H](C)/C=C/[C@@H](C)[C@H]1CCC2C3=CCC4C[C@@H](O)CC[C@]4(C)[C@H](CC(=O)[C@@]21C)O3. The second-order valence-electron chi connectivity index (χ2n) is 12.1. The number of aliphatic hydroxyl groups excluding tert-OH is 1. The Morgan fingerprint density at radius 1 is 1.13 bits per heavy atom. The van der Waals surface area contributed by atoms with Gasteiger partial charge in [-0.15, -0.1) is 0 Å². The van der Waals surface area contributed by atoms with Crippen molar-refractivity contribution in [2.75, 3.05) is 0 Å². The van der Waals surface area contributed by atoms with Crippen LogP contribution in [0.2, 0.25) is 0 Å². The van der Waals surface area contributed by atoms with Gasteiger partial charge in [0.1, 0.15) is 11.9 Å². The number of carbonyl (C=O) groups is 1. The smallest absolute Gasteiger partial charge is 0.143 e. The van der Waals surface area contributed by atoms with Gasteiger partial charge in [-0.1, -0.05) is 53.7 Å².